The Hall–Kier alpha value is -0.410. The minimum atomic E-state index is -0.588. The van der Waals surface area contributed by atoms with Crippen LogP contribution < -0.4 is 0 Å². The summed E-state index contributed by atoms with van der Waals surface area (Å²) in [5.41, 5.74) is 0.122. The lowest BCUT2D eigenvalue weighted by molar-refractivity contribution is -0.139. The molecule has 0 unspecified atom stereocenters. The number of ether oxygens (including phenoxy) is 1. The predicted octanol–water partition coefficient (Wildman–Crippen LogP) is 1.92. The number of fused-ring (bicyclic) bond motifs is 2. The van der Waals surface area contributed by atoms with Gasteiger partial charge >= 0.3 is 0 Å². The lowest BCUT2D eigenvalue weighted by Gasteiger charge is -2.51. The molecule has 0 aromatic rings. The zero-order valence-corrected chi connectivity index (χ0v) is 10.9. The summed E-state index contributed by atoms with van der Waals surface area (Å²) < 4.78 is 5.62. The van der Waals surface area contributed by atoms with Crippen molar-refractivity contribution in [3.63, 3.8) is 0 Å². The molecule has 0 bridgehead atoms. The van der Waals surface area contributed by atoms with Crippen LogP contribution >= 0.6 is 0 Å². The molecule has 1 aliphatic heterocycles. The molecule has 0 radical (unpaired) electrons. The molecule has 3 rings (SSSR count). The van der Waals surface area contributed by atoms with Crippen LogP contribution in [0.15, 0.2) is 0 Å². The van der Waals surface area contributed by atoms with Crippen LogP contribution in [0, 0.1) is 17.3 Å². The van der Waals surface area contributed by atoms with Crippen molar-refractivity contribution in [1.82, 2.24) is 0 Å². The topological polar surface area (TPSA) is 49.8 Å². The Bertz CT molecular complexity index is 362. The highest BCUT2D eigenvalue weighted by Crippen LogP contribution is 2.57. The van der Waals surface area contributed by atoms with E-state index in [1.54, 1.807) is 0 Å². The number of Topliss-reactive ketones (excluding diaryl/α,β-unsaturated/α-hetero) is 1. The van der Waals surface area contributed by atoms with Gasteiger partial charge in [0, 0.05) is 12.3 Å². The van der Waals surface area contributed by atoms with Gasteiger partial charge in [-0.15, -0.1) is 0 Å². The van der Waals surface area contributed by atoms with E-state index in [1.807, 2.05) is 0 Å². The molecule has 1 saturated heterocycles. The predicted molar refractivity (Wildman–Crippen MR) is 63.5 cm³/mol. The Morgan fingerprint density at radius 1 is 1.35 bits per heavy atom. The minimum absolute atomic E-state index is 0.105. The summed E-state index contributed by atoms with van der Waals surface area (Å²) in [4.78, 5) is 12.1. The minimum Gasteiger partial charge on any atom is -0.390 e. The number of hydrogen-bond donors (Lipinski definition) is 1. The highest BCUT2D eigenvalue weighted by Gasteiger charge is 2.60. The van der Waals surface area contributed by atoms with E-state index >= 15 is 0 Å². The van der Waals surface area contributed by atoms with E-state index in [-0.39, 0.29) is 35.2 Å². The lowest BCUT2D eigenvalue weighted by atomic mass is 9.53. The van der Waals surface area contributed by atoms with Crippen LogP contribution in [0.25, 0.3) is 0 Å². The highest BCUT2D eigenvalue weighted by molar-refractivity contribution is 5.83. The van der Waals surface area contributed by atoms with Gasteiger partial charge < -0.3 is 9.84 Å². The van der Waals surface area contributed by atoms with Crippen LogP contribution in [0.1, 0.15) is 46.5 Å². The molecule has 2 saturated carbocycles. The third kappa shape index (κ3) is 1.66. The molecule has 1 heterocycles. The fourth-order valence-electron chi connectivity index (χ4n) is 4.02. The number of aliphatic hydroxyl groups excluding tert-OH is 1. The summed E-state index contributed by atoms with van der Waals surface area (Å²) in [5, 5.41) is 10.00. The standard InChI is InChI=1S/C14H22O3/c1-13(2)7-8-9(13)4-5-14(3)12(17-14)11(16)6-10(8)15/h8-9,11-12,16H,4-7H2,1-3H3/t8-,9+,11-,12+,14+/m0/s1. The molecular weight excluding hydrogens is 216 g/mol. The molecule has 96 valence electrons. The first-order valence-corrected chi connectivity index (χ1v) is 6.72. The number of carbonyl (C=O) groups is 1. The first-order valence-electron chi connectivity index (χ1n) is 6.72. The van der Waals surface area contributed by atoms with E-state index in [2.05, 4.69) is 20.8 Å². The smallest absolute Gasteiger partial charge is 0.138 e. The van der Waals surface area contributed by atoms with Gasteiger partial charge in [0.05, 0.1) is 11.7 Å². The molecule has 0 amide bonds. The van der Waals surface area contributed by atoms with Gasteiger partial charge in [0.15, 0.2) is 0 Å². The van der Waals surface area contributed by atoms with Crippen LogP contribution in [0.3, 0.4) is 0 Å². The van der Waals surface area contributed by atoms with Gasteiger partial charge in [-0.25, -0.2) is 0 Å². The summed E-state index contributed by atoms with van der Waals surface area (Å²) >= 11 is 0. The van der Waals surface area contributed by atoms with Gasteiger partial charge in [0.2, 0.25) is 0 Å². The molecule has 0 aromatic heterocycles. The van der Waals surface area contributed by atoms with Gasteiger partial charge in [-0.3, -0.25) is 4.79 Å². The van der Waals surface area contributed by atoms with E-state index in [0.29, 0.717) is 5.92 Å². The number of carbonyl (C=O) groups excluding carboxylic acids is 1. The normalized spacial score (nSPS) is 52.4. The molecule has 3 fully saturated rings. The molecule has 2 aliphatic carbocycles. The molecule has 0 spiro atoms. The number of aliphatic hydroxyl groups is 1. The summed E-state index contributed by atoms with van der Waals surface area (Å²) in [5.74, 6) is 0.935. The molecule has 3 heteroatoms. The summed E-state index contributed by atoms with van der Waals surface area (Å²) in [7, 11) is 0. The van der Waals surface area contributed by atoms with E-state index in [9.17, 15) is 9.90 Å². The Morgan fingerprint density at radius 3 is 2.71 bits per heavy atom. The Kier molecular flexibility index (Phi) is 2.28. The zero-order chi connectivity index (χ0) is 12.4. The zero-order valence-electron chi connectivity index (χ0n) is 10.9. The van der Waals surface area contributed by atoms with Crippen LogP contribution in [-0.2, 0) is 9.53 Å². The van der Waals surface area contributed by atoms with Crippen molar-refractivity contribution in [2.24, 2.45) is 17.3 Å². The number of rotatable bonds is 0. The van der Waals surface area contributed by atoms with Crippen LogP contribution in [0.4, 0.5) is 0 Å². The third-order valence-corrected chi connectivity index (χ3v) is 5.30. The third-order valence-electron chi connectivity index (χ3n) is 5.30. The SMILES string of the molecule is CC1(C)C[C@@H]2C(=O)C[C@H](O)[C@H]3O[C@]3(C)CC[C@H]21. The highest BCUT2D eigenvalue weighted by atomic mass is 16.6. The van der Waals surface area contributed by atoms with Crippen LogP contribution in [-0.4, -0.2) is 28.7 Å². The van der Waals surface area contributed by atoms with E-state index < -0.39 is 6.10 Å². The summed E-state index contributed by atoms with van der Waals surface area (Å²) in [6, 6.07) is 0. The fraction of sp³-hybridized carbons (Fsp3) is 0.929. The molecule has 3 nitrogen and oxygen atoms in total. The Labute approximate surface area is 103 Å². The van der Waals surface area contributed by atoms with Crippen molar-refractivity contribution in [3.8, 4) is 0 Å². The van der Waals surface area contributed by atoms with Gasteiger partial charge in [-0.05, 0) is 37.5 Å². The maximum absolute atomic E-state index is 12.1. The Morgan fingerprint density at radius 2 is 2.06 bits per heavy atom. The second-order valence-electron chi connectivity index (χ2n) is 7.03. The molecular formula is C14H22O3. The number of ketones is 1. The van der Waals surface area contributed by atoms with Crippen molar-refractivity contribution < 1.29 is 14.6 Å². The second kappa shape index (κ2) is 3.33. The Balaban J connectivity index is 1.81. The van der Waals surface area contributed by atoms with Gasteiger partial charge in [0.1, 0.15) is 11.9 Å². The van der Waals surface area contributed by atoms with E-state index in [4.69, 9.17) is 4.74 Å². The van der Waals surface area contributed by atoms with Crippen molar-refractivity contribution >= 4 is 5.78 Å². The number of epoxide rings is 1. The monoisotopic (exact) mass is 238 g/mol. The quantitative estimate of drug-likeness (QED) is 0.656. The van der Waals surface area contributed by atoms with Crippen molar-refractivity contribution in [3.05, 3.63) is 0 Å². The van der Waals surface area contributed by atoms with E-state index in [0.717, 1.165) is 19.3 Å². The maximum Gasteiger partial charge on any atom is 0.138 e. The second-order valence-corrected chi connectivity index (χ2v) is 7.03. The summed E-state index contributed by atoms with van der Waals surface area (Å²) in [6.07, 6.45) is 2.63. The molecule has 3 aliphatic rings. The van der Waals surface area contributed by atoms with Crippen molar-refractivity contribution in [1.29, 1.82) is 0 Å². The largest absolute Gasteiger partial charge is 0.390 e. The molecule has 1 N–H and O–H groups in total. The van der Waals surface area contributed by atoms with Gasteiger partial charge in [-0.2, -0.15) is 0 Å². The van der Waals surface area contributed by atoms with Crippen LogP contribution in [0.2, 0.25) is 0 Å². The lowest BCUT2D eigenvalue weighted by Crippen LogP contribution is -2.48. The van der Waals surface area contributed by atoms with Crippen LogP contribution in [0.5, 0.6) is 0 Å². The first kappa shape index (κ1) is 11.7. The molecule has 17 heavy (non-hydrogen) atoms. The van der Waals surface area contributed by atoms with Crippen molar-refractivity contribution in [2.75, 3.05) is 0 Å². The average molecular weight is 238 g/mol. The van der Waals surface area contributed by atoms with E-state index in [1.165, 1.54) is 0 Å². The van der Waals surface area contributed by atoms with Crippen molar-refractivity contribution in [2.45, 2.75) is 64.3 Å². The summed E-state index contributed by atoms with van der Waals surface area (Å²) in [6.45, 7) is 6.57. The maximum atomic E-state index is 12.1. The first-order chi connectivity index (χ1) is 7.83. The molecule has 0 aromatic carbocycles. The number of hydrogen-bond acceptors (Lipinski definition) is 3. The average Bonchev–Trinajstić information content (AvgIpc) is 2.86. The molecule has 5 atom stereocenters. The van der Waals surface area contributed by atoms with Gasteiger partial charge in [0.25, 0.3) is 0 Å². The van der Waals surface area contributed by atoms with Gasteiger partial charge in [-0.1, -0.05) is 13.8 Å². The fourth-order valence-corrected chi connectivity index (χ4v) is 4.02.